The molecule has 2 saturated carbocycles. The maximum Gasteiger partial charge on any atom is 0.410 e. The molecule has 1 N–H and O–H groups in total. The fourth-order valence-corrected chi connectivity index (χ4v) is 4.77. The molecule has 2 aliphatic carbocycles. The van der Waals surface area contributed by atoms with Crippen molar-refractivity contribution >= 4 is 29.5 Å². The molecule has 0 saturated heterocycles. The standard InChI is InChI=1S/C22H38N2O4S/c1-16(2)15-28-22(27)24(18-11-5-4-6-12-18)19(13-14-29-3)20(25)21(26)23-17-9-7-8-10-17/h16-19H,4-15H2,1-3H3,(H,23,26)/t19-/m0/s1. The molecule has 1 atom stereocenters. The van der Waals surface area contributed by atoms with Crippen molar-refractivity contribution in [2.75, 3.05) is 18.6 Å². The minimum Gasteiger partial charge on any atom is -0.449 e. The van der Waals surface area contributed by atoms with Crippen molar-refractivity contribution in [1.29, 1.82) is 0 Å². The van der Waals surface area contributed by atoms with Crippen LogP contribution in [0.4, 0.5) is 4.79 Å². The van der Waals surface area contributed by atoms with Crippen molar-refractivity contribution in [2.45, 2.75) is 96.2 Å². The normalized spacial score (nSPS) is 19.2. The van der Waals surface area contributed by atoms with Crippen molar-refractivity contribution in [1.82, 2.24) is 10.2 Å². The highest BCUT2D eigenvalue weighted by atomic mass is 32.2. The Balaban J connectivity index is 2.18. The van der Waals surface area contributed by atoms with Gasteiger partial charge < -0.3 is 10.1 Å². The van der Waals surface area contributed by atoms with Crippen molar-refractivity contribution in [2.24, 2.45) is 5.92 Å². The summed E-state index contributed by atoms with van der Waals surface area (Å²) in [5, 5.41) is 2.91. The molecule has 0 unspecified atom stereocenters. The van der Waals surface area contributed by atoms with E-state index in [0.29, 0.717) is 18.8 Å². The number of hydrogen-bond donors (Lipinski definition) is 1. The van der Waals surface area contributed by atoms with Crippen LogP contribution >= 0.6 is 11.8 Å². The second-order valence-corrected chi connectivity index (χ2v) is 9.77. The smallest absolute Gasteiger partial charge is 0.410 e. The Morgan fingerprint density at radius 1 is 1.03 bits per heavy atom. The quantitative estimate of drug-likeness (QED) is 0.531. The van der Waals surface area contributed by atoms with Gasteiger partial charge in [0.05, 0.1) is 6.61 Å². The Labute approximate surface area is 179 Å². The van der Waals surface area contributed by atoms with Gasteiger partial charge in [0.2, 0.25) is 5.78 Å². The van der Waals surface area contributed by atoms with Crippen molar-refractivity contribution < 1.29 is 19.1 Å². The lowest BCUT2D eigenvalue weighted by atomic mass is 9.92. The van der Waals surface area contributed by atoms with Crippen LogP contribution in [0.2, 0.25) is 0 Å². The van der Waals surface area contributed by atoms with Gasteiger partial charge in [0.1, 0.15) is 6.04 Å². The topological polar surface area (TPSA) is 75.7 Å². The molecule has 7 heteroatoms. The van der Waals surface area contributed by atoms with E-state index in [2.05, 4.69) is 5.32 Å². The van der Waals surface area contributed by atoms with Crippen LogP contribution in [0.5, 0.6) is 0 Å². The van der Waals surface area contributed by atoms with Crippen LogP contribution in [-0.4, -0.2) is 59.4 Å². The van der Waals surface area contributed by atoms with Gasteiger partial charge in [-0.05, 0) is 50.0 Å². The number of ether oxygens (including phenoxy) is 1. The lowest BCUT2D eigenvalue weighted by Gasteiger charge is -2.38. The van der Waals surface area contributed by atoms with Gasteiger partial charge in [-0.2, -0.15) is 11.8 Å². The molecule has 2 amide bonds. The molecule has 0 aliphatic heterocycles. The molecule has 2 fully saturated rings. The second kappa shape index (κ2) is 12.5. The van der Waals surface area contributed by atoms with Crippen molar-refractivity contribution in [3.05, 3.63) is 0 Å². The third kappa shape index (κ3) is 7.50. The van der Waals surface area contributed by atoms with E-state index in [0.717, 1.165) is 57.8 Å². The van der Waals surface area contributed by atoms with E-state index in [1.165, 1.54) is 0 Å². The summed E-state index contributed by atoms with van der Waals surface area (Å²) >= 11 is 1.62. The molecule has 29 heavy (non-hydrogen) atoms. The Kier molecular flexibility index (Phi) is 10.3. The van der Waals surface area contributed by atoms with Gasteiger partial charge in [0, 0.05) is 12.1 Å². The zero-order valence-electron chi connectivity index (χ0n) is 18.3. The molecule has 0 aromatic carbocycles. The van der Waals surface area contributed by atoms with Crippen LogP contribution in [0.15, 0.2) is 0 Å². The summed E-state index contributed by atoms with van der Waals surface area (Å²) in [6.45, 7) is 4.30. The molecule has 0 bridgehead atoms. The number of nitrogens with one attached hydrogen (secondary N) is 1. The zero-order valence-corrected chi connectivity index (χ0v) is 19.1. The molecule has 2 rings (SSSR count). The summed E-state index contributed by atoms with van der Waals surface area (Å²) in [5.41, 5.74) is 0. The number of hydrogen-bond acceptors (Lipinski definition) is 5. The maximum atomic E-state index is 13.2. The number of rotatable bonds is 10. The summed E-state index contributed by atoms with van der Waals surface area (Å²) in [4.78, 5) is 40.6. The molecule has 6 nitrogen and oxygen atoms in total. The van der Waals surface area contributed by atoms with Crippen LogP contribution in [0.25, 0.3) is 0 Å². The SMILES string of the molecule is CSCC[C@@H](C(=O)C(=O)NC1CCCC1)N(C(=O)OCC(C)C)C1CCCCC1. The van der Waals surface area contributed by atoms with Gasteiger partial charge in [0.15, 0.2) is 0 Å². The van der Waals surface area contributed by atoms with E-state index in [9.17, 15) is 14.4 Å². The summed E-state index contributed by atoms with van der Waals surface area (Å²) in [6, 6.07) is -0.686. The first-order valence-electron chi connectivity index (χ1n) is 11.2. The average Bonchev–Trinajstić information content (AvgIpc) is 3.22. The molecule has 0 aromatic heterocycles. The number of carbonyl (C=O) groups is 3. The minimum absolute atomic E-state index is 0.0292. The first-order valence-corrected chi connectivity index (χ1v) is 12.6. The van der Waals surface area contributed by atoms with Crippen LogP contribution < -0.4 is 5.32 Å². The largest absolute Gasteiger partial charge is 0.449 e. The van der Waals surface area contributed by atoms with E-state index in [1.54, 1.807) is 16.7 Å². The van der Waals surface area contributed by atoms with Gasteiger partial charge >= 0.3 is 6.09 Å². The van der Waals surface area contributed by atoms with E-state index in [4.69, 9.17) is 4.74 Å². The summed E-state index contributed by atoms with van der Waals surface area (Å²) in [7, 11) is 0. The van der Waals surface area contributed by atoms with Gasteiger partial charge in [-0.25, -0.2) is 4.79 Å². The molecule has 0 aromatic rings. The second-order valence-electron chi connectivity index (χ2n) is 8.79. The number of Topliss-reactive ketones (excluding diaryl/α,β-unsaturated/α-hetero) is 1. The molecule has 166 valence electrons. The van der Waals surface area contributed by atoms with E-state index in [1.807, 2.05) is 20.1 Å². The van der Waals surface area contributed by atoms with Crippen molar-refractivity contribution in [3.63, 3.8) is 0 Å². The molecular formula is C22H38N2O4S. The lowest BCUT2D eigenvalue weighted by molar-refractivity contribution is -0.141. The fraction of sp³-hybridized carbons (Fsp3) is 0.864. The number of thioether (sulfide) groups is 1. The Hall–Kier alpha value is -1.24. The monoisotopic (exact) mass is 426 g/mol. The minimum atomic E-state index is -0.744. The highest BCUT2D eigenvalue weighted by molar-refractivity contribution is 7.98. The van der Waals surface area contributed by atoms with Gasteiger partial charge in [0.25, 0.3) is 5.91 Å². The van der Waals surface area contributed by atoms with Crippen LogP contribution in [0, 0.1) is 5.92 Å². The summed E-state index contributed by atoms with van der Waals surface area (Å²) in [5.74, 6) is -0.0926. The van der Waals surface area contributed by atoms with Gasteiger partial charge in [-0.3, -0.25) is 14.5 Å². The zero-order chi connectivity index (χ0) is 21.2. The first kappa shape index (κ1) is 24.0. The van der Waals surface area contributed by atoms with E-state index in [-0.39, 0.29) is 18.0 Å². The Morgan fingerprint density at radius 3 is 2.24 bits per heavy atom. The van der Waals surface area contributed by atoms with Gasteiger partial charge in [-0.1, -0.05) is 46.0 Å². The lowest BCUT2D eigenvalue weighted by Crippen LogP contribution is -2.55. The molecule has 0 heterocycles. The van der Waals surface area contributed by atoms with Crippen LogP contribution in [0.3, 0.4) is 0 Å². The predicted molar refractivity (Wildman–Crippen MR) is 117 cm³/mol. The molecule has 0 spiro atoms. The third-order valence-corrected chi connectivity index (χ3v) is 6.51. The molecular weight excluding hydrogens is 388 g/mol. The summed E-state index contributed by atoms with van der Waals surface area (Å²) in [6.07, 6.45) is 11.0. The fourth-order valence-electron chi connectivity index (χ4n) is 4.31. The highest BCUT2D eigenvalue weighted by Gasteiger charge is 2.39. The third-order valence-electron chi connectivity index (χ3n) is 5.87. The van der Waals surface area contributed by atoms with Crippen LogP contribution in [-0.2, 0) is 14.3 Å². The number of ketones is 1. The Bertz CT molecular complexity index is 543. The number of carbonyl (C=O) groups excluding carboxylic acids is 3. The first-order chi connectivity index (χ1) is 13.9. The highest BCUT2D eigenvalue weighted by Crippen LogP contribution is 2.27. The predicted octanol–water partition coefficient (Wildman–Crippen LogP) is 4.16. The average molecular weight is 427 g/mol. The maximum absolute atomic E-state index is 13.2. The van der Waals surface area contributed by atoms with E-state index < -0.39 is 23.8 Å². The Morgan fingerprint density at radius 2 is 1.66 bits per heavy atom. The van der Waals surface area contributed by atoms with Crippen molar-refractivity contribution in [3.8, 4) is 0 Å². The number of nitrogens with zero attached hydrogens (tertiary/aromatic N) is 1. The molecule has 2 aliphatic rings. The van der Waals surface area contributed by atoms with Crippen LogP contribution in [0.1, 0.15) is 78.1 Å². The number of amides is 2. The van der Waals surface area contributed by atoms with E-state index >= 15 is 0 Å². The van der Waals surface area contributed by atoms with Gasteiger partial charge in [-0.15, -0.1) is 0 Å². The molecule has 0 radical (unpaired) electrons. The summed E-state index contributed by atoms with van der Waals surface area (Å²) < 4.78 is 5.54.